The van der Waals surface area contributed by atoms with Crippen LogP contribution in [0.2, 0.25) is 0 Å². The Labute approximate surface area is 150 Å². The molecule has 1 aromatic heterocycles. The van der Waals surface area contributed by atoms with Crippen LogP contribution in [0.5, 0.6) is 0 Å². The van der Waals surface area contributed by atoms with Crippen LogP contribution in [-0.2, 0) is 11.1 Å². The molecule has 0 bridgehead atoms. The van der Waals surface area contributed by atoms with E-state index >= 15 is 0 Å². The smallest absolute Gasteiger partial charge is 0.811 e. The fourth-order valence-corrected chi connectivity index (χ4v) is 2.15. The van der Waals surface area contributed by atoms with Gasteiger partial charge in [0.1, 0.15) is 0 Å². The van der Waals surface area contributed by atoms with Crippen molar-refractivity contribution in [1.29, 1.82) is 0 Å². The molecule has 2 aromatic rings. The van der Waals surface area contributed by atoms with Gasteiger partial charge < -0.3 is 18.9 Å². The van der Waals surface area contributed by atoms with Crippen LogP contribution in [0.15, 0.2) is 30.6 Å². The monoisotopic (exact) mass is 284 g/mol. The van der Waals surface area contributed by atoms with Crippen molar-refractivity contribution in [1.82, 2.24) is 9.55 Å². The van der Waals surface area contributed by atoms with E-state index in [2.05, 4.69) is 4.98 Å². The zero-order valence-corrected chi connectivity index (χ0v) is 15.5. The van der Waals surface area contributed by atoms with E-state index < -0.39 is 7.60 Å². The Morgan fingerprint density at radius 1 is 1.22 bits per heavy atom. The molecule has 0 radical (unpaired) electrons. The van der Waals surface area contributed by atoms with Gasteiger partial charge in [-0.15, -0.1) is 0 Å². The summed E-state index contributed by atoms with van der Waals surface area (Å²) in [6.07, 6.45) is 1.68. The number of para-hydroxylation sites is 2. The first-order valence-electron chi connectivity index (χ1n) is 4.97. The number of hydrogen-bond donors (Lipinski definition) is 0. The summed E-state index contributed by atoms with van der Waals surface area (Å²) in [6, 6.07) is 7.59. The van der Waals surface area contributed by atoms with Crippen molar-refractivity contribution in [2.45, 2.75) is 13.0 Å². The molecule has 5 nitrogen and oxygen atoms in total. The molecule has 0 amide bonds. The van der Waals surface area contributed by atoms with E-state index in [0.717, 1.165) is 11.0 Å². The summed E-state index contributed by atoms with van der Waals surface area (Å²) in [4.78, 5) is 25.1. The molecule has 18 heavy (non-hydrogen) atoms. The average molecular weight is 284 g/mol. The molecule has 1 aromatic carbocycles. The third-order valence-corrected chi connectivity index (χ3v) is 3.22. The average Bonchev–Trinajstić information content (AvgIpc) is 2.60. The first-order chi connectivity index (χ1) is 7.56. The van der Waals surface area contributed by atoms with E-state index in [1.807, 2.05) is 28.8 Å². The van der Waals surface area contributed by atoms with Gasteiger partial charge in [0.05, 0.1) is 17.4 Å². The van der Waals surface area contributed by atoms with Gasteiger partial charge in [0.2, 0.25) is 0 Å². The summed E-state index contributed by atoms with van der Waals surface area (Å²) < 4.78 is 12.3. The maximum Gasteiger partial charge on any atom is 1.00 e. The van der Waals surface area contributed by atoms with E-state index in [9.17, 15) is 14.4 Å². The largest absolute Gasteiger partial charge is 1.00 e. The summed E-state index contributed by atoms with van der Waals surface area (Å²) >= 11 is 0. The fourth-order valence-electron chi connectivity index (χ4n) is 1.62. The molecule has 0 aliphatic rings. The predicted molar refractivity (Wildman–Crippen MR) is 56.8 cm³/mol. The van der Waals surface area contributed by atoms with E-state index in [-0.39, 0.29) is 65.3 Å². The van der Waals surface area contributed by atoms with Crippen LogP contribution in [0, 0.1) is 0 Å². The number of nitrogens with zero attached hydrogens (tertiary/aromatic N) is 2. The number of imidazole rings is 1. The minimum atomic E-state index is -4.38. The van der Waals surface area contributed by atoms with Crippen molar-refractivity contribution >= 4 is 18.6 Å². The minimum Gasteiger partial charge on any atom is -0.811 e. The van der Waals surface area contributed by atoms with Gasteiger partial charge in [-0.3, -0.25) is 0 Å². The third kappa shape index (κ3) is 5.45. The van der Waals surface area contributed by atoms with Crippen LogP contribution in [0.3, 0.4) is 0 Å². The summed E-state index contributed by atoms with van der Waals surface area (Å²) in [5.41, 5.74) is 1.82. The van der Waals surface area contributed by atoms with Crippen LogP contribution in [0.4, 0.5) is 0 Å². The third-order valence-electron chi connectivity index (χ3n) is 2.36. The zero-order chi connectivity index (χ0) is 11.6. The van der Waals surface area contributed by atoms with Crippen LogP contribution < -0.4 is 68.9 Å². The Morgan fingerprint density at radius 3 is 2.56 bits per heavy atom. The molecule has 0 saturated carbocycles. The number of benzene rings is 1. The molecule has 1 heterocycles. The van der Waals surface area contributed by atoms with Crippen molar-refractivity contribution in [3.8, 4) is 0 Å². The SMILES string of the molecule is O=P([O-])([O-])CCCn1cnc2ccccc21.[Na+].[Na+]. The van der Waals surface area contributed by atoms with Gasteiger partial charge in [-0.25, -0.2) is 4.98 Å². The molecule has 0 aliphatic carbocycles. The second kappa shape index (κ2) is 8.20. The zero-order valence-electron chi connectivity index (χ0n) is 10.6. The first-order valence-corrected chi connectivity index (χ1v) is 6.70. The number of rotatable bonds is 4. The summed E-state index contributed by atoms with van der Waals surface area (Å²) in [5, 5.41) is 0. The van der Waals surface area contributed by atoms with Gasteiger partial charge in [-0.2, -0.15) is 0 Å². The van der Waals surface area contributed by atoms with E-state index in [0.29, 0.717) is 13.0 Å². The van der Waals surface area contributed by atoms with Gasteiger partial charge in [0.15, 0.2) is 0 Å². The standard InChI is InChI=1S/C10H13N2O3P.2Na/c13-16(14,15)7-3-6-12-8-11-9-4-1-2-5-10(9)12;;/h1-2,4-5,8H,3,6-7H2,(H2,13,14,15);;/q;2*+1/p-2. The van der Waals surface area contributed by atoms with Crippen LogP contribution in [0.1, 0.15) is 6.42 Å². The van der Waals surface area contributed by atoms with Gasteiger partial charge in [-0.1, -0.05) is 19.7 Å². The molecule has 0 saturated heterocycles. The quantitative estimate of drug-likeness (QED) is 0.414. The van der Waals surface area contributed by atoms with Crippen LogP contribution in [0.25, 0.3) is 11.0 Å². The summed E-state index contributed by atoms with van der Waals surface area (Å²) in [6.45, 7) is 0.495. The number of hydrogen-bond acceptors (Lipinski definition) is 4. The van der Waals surface area contributed by atoms with Gasteiger partial charge >= 0.3 is 59.1 Å². The fraction of sp³-hybridized carbons (Fsp3) is 0.300. The minimum absolute atomic E-state index is 0. The van der Waals surface area contributed by atoms with Crippen molar-refractivity contribution in [2.24, 2.45) is 0 Å². The molecule has 0 fully saturated rings. The van der Waals surface area contributed by atoms with Crippen molar-refractivity contribution in [3.63, 3.8) is 0 Å². The maximum atomic E-state index is 10.5. The molecule has 8 heteroatoms. The van der Waals surface area contributed by atoms with Crippen LogP contribution in [-0.4, -0.2) is 15.7 Å². The molecule has 0 N–H and O–H groups in total. The molecular formula is C10H11N2Na2O3P. The molecule has 0 unspecified atom stereocenters. The van der Waals surface area contributed by atoms with Crippen LogP contribution >= 0.6 is 7.60 Å². The maximum absolute atomic E-state index is 10.5. The van der Waals surface area contributed by atoms with Gasteiger partial charge in [0, 0.05) is 6.54 Å². The van der Waals surface area contributed by atoms with Crippen molar-refractivity contribution in [3.05, 3.63) is 30.6 Å². The second-order valence-electron chi connectivity index (χ2n) is 3.61. The van der Waals surface area contributed by atoms with Crippen molar-refractivity contribution < 1.29 is 73.5 Å². The van der Waals surface area contributed by atoms with Gasteiger partial charge in [-0.05, 0) is 24.7 Å². The Morgan fingerprint density at radius 2 is 1.89 bits per heavy atom. The Hall–Kier alpha value is 0.840. The van der Waals surface area contributed by atoms with E-state index in [1.165, 1.54) is 0 Å². The molecule has 0 aliphatic heterocycles. The molecule has 2 rings (SSSR count). The van der Waals surface area contributed by atoms with E-state index in [4.69, 9.17) is 0 Å². The molecule has 86 valence electrons. The molecule has 0 atom stereocenters. The summed E-state index contributed by atoms with van der Waals surface area (Å²) in [5.74, 6) is 0. The molecular weight excluding hydrogens is 273 g/mol. The van der Waals surface area contributed by atoms with E-state index in [1.54, 1.807) is 6.33 Å². The topological polar surface area (TPSA) is 81.0 Å². The first kappa shape index (κ1) is 18.8. The Balaban J connectivity index is 0.00000144. The Kier molecular flexibility index (Phi) is 8.58. The molecule has 0 spiro atoms. The number of aromatic nitrogens is 2. The second-order valence-corrected chi connectivity index (χ2v) is 5.28. The van der Waals surface area contributed by atoms with Gasteiger partial charge in [0.25, 0.3) is 0 Å². The summed E-state index contributed by atoms with van der Waals surface area (Å²) in [7, 11) is -4.38. The number of fused-ring (bicyclic) bond motifs is 1. The number of aryl methyl sites for hydroxylation is 1. The normalized spacial score (nSPS) is 10.8. The predicted octanol–water partition coefficient (Wildman–Crippen LogP) is -5.65. The Bertz CT molecular complexity index is 541. The van der Waals surface area contributed by atoms with Crippen molar-refractivity contribution in [2.75, 3.05) is 6.16 Å².